The number of hydrogen-bond acceptors (Lipinski definition) is 5. The van der Waals surface area contributed by atoms with Gasteiger partial charge in [-0.05, 0) is 43.2 Å². The highest BCUT2D eigenvalue weighted by molar-refractivity contribution is 5.96. The van der Waals surface area contributed by atoms with E-state index in [2.05, 4.69) is 15.6 Å². The third-order valence-electron chi connectivity index (χ3n) is 4.11. The fourth-order valence-electron chi connectivity index (χ4n) is 2.35. The van der Waals surface area contributed by atoms with Crippen LogP contribution in [0.5, 0.6) is 11.5 Å². The summed E-state index contributed by atoms with van der Waals surface area (Å²) in [5, 5.41) is 5.63. The molecule has 0 radical (unpaired) electrons. The average molecular weight is 371 g/mol. The maximum absolute atomic E-state index is 12.4. The van der Waals surface area contributed by atoms with Crippen molar-refractivity contribution < 1.29 is 19.1 Å². The topological polar surface area (TPSA) is 89.6 Å². The zero-order valence-corrected chi connectivity index (χ0v) is 16.0. The van der Waals surface area contributed by atoms with Gasteiger partial charge >= 0.3 is 0 Å². The predicted molar refractivity (Wildman–Crippen MR) is 102 cm³/mol. The first-order valence-electron chi connectivity index (χ1n) is 8.75. The van der Waals surface area contributed by atoms with Crippen molar-refractivity contribution >= 4 is 11.8 Å². The number of benzene rings is 1. The van der Waals surface area contributed by atoms with E-state index in [4.69, 9.17) is 9.47 Å². The highest BCUT2D eigenvalue weighted by Crippen LogP contribution is 2.27. The minimum Gasteiger partial charge on any atom is -0.493 e. The summed E-state index contributed by atoms with van der Waals surface area (Å²) in [7, 11) is 3.12. The van der Waals surface area contributed by atoms with Gasteiger partial charge in [-0.2, -0.15) is 0 Å². The molecule has 2 N–H and O–H groups in total. The summed E-state index contributed by atoms with van der Waals surface area (Å²) in [5.41, 5.74) is 1.26. The zero-order chi connectivity index (χ0) is 19.8. The molecule has 0 bridgehead atoms. The fourth-order valence-corrected chi connectivity index (χ4v) is 2.35. The van der Waals surface area contributed by atoms with Crippen LogP contribution in [-0.2, 0) is 6.54 Å². The molecule has 1 aromatic carbocycles. The summed E-state index contributed by atoms with van der Waals surface area (Å²) < 4.78 is 10.5. The van der Waals surface area contributed by atoms with Crippen LogP contribution >= 0.6 is 0 Å². The van der Waals surface area contributed by atoms with E-state index in [1.807, 2.05) is 19.9 Å². The van der Waals surface area contributed by atoms with Crippen molar-refractivity contribution in [2.45, 2.75) is 32.9 Å². The molecule has 144 valence electrons. The Morgan fingerprint density at radius 3 is 2.33 bits per heavy atom. The Balaban J connectivity index is 2.04. The largest absolute Gasteiger partial charge is 0.493 e. The summed E-state index contributed by atoms with van der Waals surface area (Å²) in [4.78, 5) is 28.7. The highest BCUT2D eigenvalue weighted by Gasteiger charge is 2.14. The summed E-state index contributed by atoms with van der Waals surface area (Å²) in [5.74, 6) is 0.558. The standard InChI is InChI=1S/C20H25N3O4/c1-5-13(2)22-20(25)16-8-6-7-15(23-16)19(24)21-12-14-9-10-17(26-3)18(11-14)27-4/h6-11,13H,5,12H2,1-4H3,(H,21,24)(H,22,25). The van der Waals surface area contributed by atoms with E-state index in [0.29, 0.717) is 18.0 Å². The molecule has 0 saturated heterocycles. The monoisotopic (exact) mass is 371 g/mol. The molecule has 0 aliphatic carbocycles. The zero-order valence-electron chi connectivity index (χ0n) is 16.0. The minimum atomic E-state index is -0.358. The lowest BCUT2D eigenvalue weighted by Crippen LogP contribution is -2.33. The van der Waals surface area contributed by atoms with E-state index >= 15 is 0 Å². The van der Waals surface area contributed by atoms with Crippen LogP contribution in [0.15, 0.2) is 36.4 Å². The minimum absolute atomic E-state index is 0.0434. The first-order valence-corrected chi connectivity index (χ1v) is 8.75. The van der Waals surface area contributed by atoms with Gasteiger partial charge in [0.1, 0.15) is 11.4 Å². The third-order valence-corrected chi connectivity index (χ3v) is 4.11. The number of rotatable bonds is 8. The molecule has 7 heteroatoms. The van der Waals surface area contributed by atoms with Crippen molar-refractivity contribution in [3.63, 3.8) is 0 Å². The molecule has 2 aromatic rings. The molecule has 1 heterocycles. The number of nitrogens with zero attached hydrogens (tertiary/aromatic N) is 1. The van der Waals surface area contributed by atoms with E-state index in [1.165, 1.54) is 0 Å². The van der Waals surface area contributed by atoms with Gasteiger partial charge < -0.3 is 20.1 Å². The molecule has 7 nitrogen and oxygen atoms in total. The molecule has 1 atom stereocenters. The second-order valence-electron chi connectivity index (χ2n) is 6.06. The van der Waals surface area contributed by atoms with E-state index < -0.39 is 0 Å². The second kappa shape index (κ2) is 9.56. The Morgan fingerprint density at radius 2 is 1.70 bits per heavy atom. The number of carbonyl (C=O) groups excluding carboxylic acids is 2. The van der Waals surface area contributed by atoms with Gasteiger partial charge in [-0.25, -0.2) is 4.98 Å². The Hall–Kier alpha value is -3.09. The van der Waals surface area contributed by atoms with Crippen LogP contribution in [-0.4, -0.2) is 37.1 Å². The molecule has 0 saturated carbocycles. The number of nitrogens with one attached hydrogen (secondary N) is 2. The number of pyridine rings is 1. The van der Waals surface area contributed by atoms with E-state index in [0.717, 1.165) is 12.0 Å². The van der Waals surface area contributed by atoms with Gasteiger partial charge in [-0.15, -0.1) is 0 Å². The van der Waals surface area contributed by atoms with Crippen molar-refractivity contribution in [1.29, 1.82) is 0 Å². The van der Waals surface area contributed by atoms with Crippen molar-refractivity contribution in [2.75, 3.05) is 14.2 Å². The van der Waals surface area contributed by atoms with Gasteiger partial charge in [0.15, 0.2) is 11.5 Å². The molecule has 2 amide bonds. The Kier molecular flexibility index (Phi) is 7.16. The number of hydrogen-bond donors (Lipinski definition) is 2. The fraction of sp³-hybridized carbons (Fsp3) is 0.350. The van der Waals surface area contributed by atoms with Gasteiger partial charge in [0.2, 0.25) is 0 Å². The molecule has 2 rings (SSSR count). The van der Waals surface area contributed by atoms with Crippen LogP contribution in [0.25, 0.3) is 0 Å². The van der Waals surface area contributed by atoms with Crippen molar-refractivity contribution in [1.82, 2.24) is 15.6 Å². The van der Waals surface area contributed by atoms with Crippen LogP contribution in [0.3, 0.4) is 0 Å². The molecule has 0 aliphatic rings. The molecule has 27 heavy (non-hydrogen) atoms. The van der Waals surface area contributed by atoms with Gasteiger partial charge in [-0.1, -0.05) is 19.1 Å². The highest BCUT2D eigenvalue weighted by atomic mass is 16.5. The van der Waals surface area contributed by atoms with Crippen LogP contribution in [0.4, 0.5) is 0 Å². The number of carbonyl (C=O) groups is 2. The van der Waals surface area contributed by atoms with Gasteiger partial charge in [-0.3, -0.25) is 9.59 Å². The Bertz CT molecular complexity index is 808. The maximum atomic E-state index is 12.4. The lowest BCUT2D eigenvalue weighted by atomic mass is 10.2. The van der Waals surface area contributed by atoms with Crippen LogP contribution in [0, 0.1) is 0 Å². The summed E-state index contributed by atoms with van der Waals surface area (Å²) >= 11 is 0. The van der Waals surface area contributed by atoms with Crippen LogP contribution in [0.1, 0.15) is 46.8 Å². The molecule has 0 fully saturated rings. The summed E-state index contributed by atoms with van der Waals surface area (Å²) in [6.45, 7) is 4.19. The summed E-state index contributed by atoms with van der Waals surface area (Å²) in [6, 6.07) is 10.3. The molecule has 1 unspecified atom stereocenters. The number of methoxy groups -OCH3 is 2. The quantitative estimate of drug-likeness (QED) is 0.744. The number of ether oxygens (including phenoxy) is 2. The van der Waals surface area contributed by atoms with E-state index in [1.54, 1.807) is 44.6 Å². The number of aromatic nitrogens is 1. The number of amides is 2. The third kappa shape index (κ3) is 5.44. The lowest BCUT2D eigenvalue weighted by molar-refractivity contribution is 0.0933. The smallest absolute Gasteiger partial charge is 0.270 e. The lowest BCUT2D eigenvalue weighted by Gasteiger charge is -2.12. The van der Waals surface area contributed by atoms with Crippen molar-refractivity contribution in [2.24, 2.45) is 0 Å². The normalized spacial score (nSPS) is 11.4. The van der Waals surface area contributed by atoms with Crippen LogP contribution in [0.2, 0.25) is 0 Å². The molecule has 1 aromatic heterocycles. The Labute approximate surface area is 159 Å². The SMILES string of the molecule is CCC(C)NC(=O)c1cccc(C(=O)NCc2ccc(OC)c(OC)c2)n1. The average Bonchev–Trinajstić information content (AvgIpc) is 2.71. The molecular formula is C20H25N3O4. The van der Waals surface area contributed by atoms with Gasteiger partial charge in [0, 0.05) is 12.6 Å². The van der Waals surface area contributed by atoms with E-state index in [9.17, 15) is 9.59 Å². The summed E-state index contributed by atoms with van der Waals surface area (Å²) in [6.07, 6.45) is 0.817. The Morgan fingerprint density at radius 1 is 1.04 bits per heavy atom. The van der Waals surface area contributed by atoms with Gasteiger partial charge in [0.05, 0.1) is 14.2 Å². The maximum Gasteiger partial charge on any atom is 0.270 e. The van der Waals surface area contributed by atoms with Crippen LogP contribution < -0.4 is 20.1 Å². The molecule has 0 spiro atoms. The predicted octanol–water partition coefficient (Wildman–Crippen LogP) is 2.56. The first-order chi connectivity index (χ1) is 13.0. The van der Waals surface area contributed by atoms with Gasteiger partial charge in [0.25, 0.3) is 11.8 Å². The van der Waals surface area contributed by atoms with E-state index in [-0.39, 0.29) is 29.2 Å². The molecular weight excluding hydrogens is 346 g/mol. The van der Waals surface area contributed by atoms with Crippen molar-refractivity contribution in [3.8, 4) is 11.5 Å². The molecule has 0 aliphatic heterocycles. The van der Waals surface area contributed by atoms with Crippen molar-refractivity contribution in [3.05, 3.63) is 53.3 Å². The first kappa shape index (κ1) is 20.2. The second-order valence-corrected chi connectivity index (χ2v) is 6.06.